The fourth-order valence-electron chi connectivity index (χ4n) is 3.89. The van der Waals surface area contributed by atoms with Crippen molar-refractivity contribution in [2.45, 2.75) is 44.9 Å². The maximum absolute atomic E-state index is 12.7. The van der Waals surface area contributed by atoms with Gasteiger partial charge in [-0.25, -0.2) is 0 Å². The highest BCUT2D eigenvalue weighted by Crippen LogP contribution is 2.41. The average molecular weight is 337 g/mol. The zero-order valence-electron chi connectivity index (χ0n) is 15.4. The Labute approximate surface area is 150 Å². The van der Waals surface area contributed by atoms with E-state index in [-0.39, 0.29) is 11.3 Å². The second kappa shape index (κ2) is 7.30. The van der Waals surface area contributed by atoms with Crippen LogP contribution in [-0.4, -0.2) is 19.6 Å². The van der Waals surface area contributed by atoms with Crippen LogP contribution >= 0.6 is 0 Å². The molecule has 0 aliphatic heterocycles. The molecule has 132 valence electrons. The van der Waals surface area contributed by atoms with Crippen LogP contribution in [0.5, 0.6) is 5.75 Å². The molecule has 1 N–H and O–H groups in total. The Morgan fingerprint density at radius 1 is 1.08 bits per heavy atom. The molecule has 3 nitrogen and oxygen atoms in total. The molecule has 3 rings (SSSR count). The van der Waals surface area contributed by atoms with Gasteiger partial charge < -0.3 is 10.1 Å². The Hall–Kier alpha value is -2.29. The van der Waals surface area contributed by atoms with Gasteiger partial charge in [0.15, 0.2) is 0 Å². The lowest BCUT2D eigenvalue weighted by molar-refractivity contribution is 0.0942. The molecule has 25 heavy (non-hydrogen) atoms. The van der Waals surface area contributed by atoms with Crippen molar-refractivity contribution < 1.29 is 9.53 Å². The van der Waals surface area contributed by atoms with E-state index in [9.17, 15) is 4.79 Å². The van der Waals surface area contributed by atoms with Gasteiger partial charge in [-0.3, -0.25) is 4.79 Å². The smallest absolute Gasteiger partial charge is 0.251 e. The van der Waals surface area contributed by atoms with Crippen LogP contribution in [0.2, 0.25) is 0 Å². The molecule has 0 atom stereocenters. The largest absolute Gasteiger partial charge is 0.497 e. The zero-order chi connectivity index (χ0) is 17.9. The van der Waals surface area contributed by atoms with Gasteiger partial charge in [0.05, 0.1) is 7.11 Å². The molecule has 0 radical (unpaired) electrons. The molecular formula is C22H27NO2. The summed E-state index contributed by atoms with van der Waals surface area (Å²) < 4.78 is 5.28. The molecule has 2 aromatic rings. The molecule has 2 aromatic carbocycles. The molecule has 3 heteroatoms. The number of hydrogen-bond donors (Lipinski definition) is 1. The molecule has 1 aliphatic carbocycles. The van der Waals surface area contributed by atoms with Crippen molar-refractivity contribution in [2.75, 3.05) is 13.7 Å². The highest BCUT2D eigenvalue weighted by atomic mass is 16.5. The quantitative estimate of drug-likeness (QED) is 0.869. The maximum Gasteiger partial charge on any atom is 0.251 e. The standard InChI is InChI=1S/C22H27NO2/c1-16-6-7-17(2)20(14-16)21(24)23-15-22(12-4-5-13-22)18-8-10-19(25-3)11-9-18/h6-11,14H,4-5,12-13,15H2,1-3H3,(H,23,24). The normalized spacial score (nSPS) is 15.8. The summed E-state index contributed by atoms with van der Waals surface area (Å²) in [6.45, 7) is 4.70. The summed E-state index contributed by atoms with van der Waals surface area (Å²) in [5, 5.41) is 3.21. The van der Waals surface area contributed by atoms with E-state index in [4.69, 9.17) is 4.74 Å². The van der Waals surface area contributed by atoms with E-state index >= 15 is 0 Å². The predicted molar refractivity (Wildman–Crippen MR) is 101 cm³/mol. The van der Waals surface area contributed by atoms with Gasteiger partial charge in [0.25, 0.3) is 5.91 Å². The minimum Gasteiger partial charge on any atom is -0.497 e. The van der Waals surface area contributed by atoms with Gasteiger partial charge in [-0.05, 0) is 56.0 Å². The van der Waals surface area contributed by atoms with Crippen LogP contribution in [0.4, 0.5) is 0 Å². The minimum atomic E-state index is 0.0287. The first-order chi connectivity index (χ1) is 12.0. The molecule has 0 heterocycles. The lowest BCUT2D eigenvalue weighted by Crippen LogP contribution is -2.39. The number of ether oxygens (including phenoxy) is 1. The fourth-order valence-corrected chi connectivity index (χ4v) is 3.89. The number of carbonyl (C=O) groups excluding carboxylic acids is 1. The maximum atomic E-state index is 12.7. The van der Waals surface area contributed by atoms with Crippen molar-refractivity contribution >= 4 is 5.91 Å². The van der Waals surface area contributed by atoms with Crippen molar-refractivity contribution in [3.8, 4) is 5.75 Å². The number of methoxy groups -OCH3 is 1. The minimum absolute atomic E-state index is 0.0287. The van der Waals surface area contributed by atoms with Crippen LogP contribution in [0.1, 0.15) is 52.7 Å². The van der Waals surface area contributed by atoms with Crippen molar-refractivity contribution in [3.63, 3.8) is 0 Å². The topological polar surface area (TPSA) is 38.3 Å². The highest BCUT2D eigenvalue weighted by Gasteiger charge is 2.36. The fraction of sp³-hybridized carbons (Fsp3) is 0.409. The van der Waals surface area contributed by atoms with Crippen molar-refractivity contribution in [2.24, 2.45) is 0 Å². The van der Waals surface area contributed by atoms with E-state index in [0.717, 1.165) is 35.3 Å². The Morgan fingerprint density at radius 3 is 2.40 bits per heavy atom. The molecule has 0 bridgehead atoms. The molecule has 1 fully saturated rings. The van der Waals surface area contributed by atoms with E-state index in [2.05, 4.69) is 17.4 Å². The van der Waals surface area contributed by atoms with Crippen molar-refractivity contribution in [1.29, 1.82) is 0 Å². The second-order valence-electron chi connectivity index (χ2n) is 7.22. The molecular weight excluding hydrogens is 310 g/mol. The Balaban J connectivity index is 1.78. The van der Waals surface area contributed by atoms with E-state index in [1.54, 1.807) is 7.11 Å². The van der Waals surface area contributed by atoms with E-state index in [1.165, 1.54) is 18.4 Å². The van der Waals surface area contributed by atoms with Crippen molar-refractivity contribution in [3.05, 3.63) is 64.7 Å². The Morgan fingerprint density at radius 2 is 1.76 bits per heavy atom. The summed E-state index contributed by atoms with van der Waals surface area (Å²) in [6, 6.07) is 14.4. The summed E-state index contributed by atoms with van der Waals surface area (Å²) in [5.41, 5.74) is 4.25. The van der Waals surface area contributed by atoms with Crippen LogP contribution in [0.25, 0.3) is 0 Å². The summed E-state index contributed by atoms with van der Waals surface area (Å²) in [7, 11) is 1.69. The highest BCUT2D eigenvalue weighted by molar-refractivity contribution is 5.95. The molecule has 0 unspecified atom stereocenters. The number of hydrogen-bond acceptors (Lipinski definition) is 2. The molecule has 1 aliphatic rings. The van der Waals surface area contributed by atoms with Crippen LogP contribution < -0.4 is 10.1 Å². The number of carbonyl (C=O) groups is 1. The predicted octanol–water partition coefficient (Wildman–Crippen LogP) is 4.55. The summed E-state index contributed by atoms with van der Waals surface area (Å²) >= 11 is 0. The molecule has 1 saturated carbocycles. The number of aryl methyl sites for hydroxylation is 2. The van der Waals surface area contributed by atoms with E-state index in [1.807, 2.05) is 44.2 Å². The third-order valence-electron chi connectivity index (χ3n) is 5.49. The summed E-state index contributed by atoms with van der Waals surface area (Å²) in [5.74, 6) is 0.900. The molecule has 0 aromatic heterocycles. The first-order valence-corrected chi connectivity index (χ1v) is 9.04. The SMILES string of the molecule is COc1ccc(C2(CNC(=O)c3cc(C)ccc3C)CCCC2)cc1. The third-order valence-corrected chi connectivity index (χ3v) is 5.49. The first-order valence-electron chi connectivity index (χ1n) is 9.04. The van der Waals surface area contributed by atoms with Gasteiger partial charge in [-0.15, -0.1) is 0 Å². The number of nitrogens with one attached hydrogen (secondary N) is 1. The average Bonchev–Trinajstić information content (AvgIpc) is 3.12. The second-order valence-corrected chi connectivity index (χ2v) is 7.22. The van der Waals surface area contributed by atoms with Crippen LogP contribution in [0.15, 0.2) is 42.5 Å². The number of benzene rings is 2. The summed E-state index contributed by atoms with van der Waals surface area (Å²) in [4.78, 5) is 12.7. The van der Waals surface area contributed by atoms with Gasteiger partial charge in [0.2, 0.25) is 0 Å². The summed E-state index contributed by atoms with van der Waals surface area (Å²) in [6.07, 6.45) is 4.66. The Bertz CT molecular complexity index is 743. The number of amides is 1. The van der Waals surface area contributed by atoms with Crippen LogP contribution in [-0.2, 0) is 5.41 Å². The van der Waals surface area contributed by atoms with Gasteiger partial charge in [-0.2, -0.15) is 0 Å². The monoisotopic (exact) mass is 337 g/mol. The lowest BCUT2D eigenvalue weighted by Gasteiger charge is -2.30. The zero-order valence-corrected chi connectivity index (χ0v) is 15.4. The van der Waals surface area contributed by atoms with Gasteiger partial charge in [0, 0.05) is 17.5 Å². The van der Waals surface area contributed by atoms with E-state index < -0.39 is 0 Å². The third kappa shape index (κ3) is 3.71. The molecule has 0 saturated heterocycles. The first kappa shape index (κ1) is 17.5. The number of rotatable bonds is 5. The Kier molecular flexibility index (Phi) is 5.12. The van der Waals surface area contributed by atoms with E-state index in [0.29, 0.717) is 6.54 Å². The van der Waals surface area contributed by atoms with Crippen LogP contribution in [0.3, 0.4) is 0 Å². The van der Waals surface area contributed by atoms with Crippen molar-refractivity contribution in [1.82, 2.24) is 5.32 Å². The van der Waals surface area contributed by atoms with Gasteiger partial charge >= 0.3 is 0 Å². The molecule has 1 amide bonds. The lowest BCUT2D eigenvalue weighted by atomic mass is 9.78. The van der Waals surface area contributed by atoms with Crippen LogP contribution in [0, 0.1) is 13.8 Å². The molecule has 0 spiro atoms. The van der Waals surface area contributed by atoms with Gasteiger partial charge in [0.1, 0.15) is 5.75 Å². The van der Waals surface area contributed by atoms with Gasteiger partial charge in [-0.1, -0.05) is 42.7 Å².